The zero-order chi connectivity index (χ0) is 23.5. The molecule has 4 fully saturated rings. The van der Waals surface area contributed by atoms with Crippen molar-refractivity contribution in [1.82, 2.24) is 0 Å². The Bertz CT molecular complexity index is 1090. The first-order valence-electron chi connectivity index (χ1n) is 13.7. The normalized spacial score (nSPS) is 39.4. The third kappa shape index (κ3) is 3.48. The molecule has 0 aromatic heterocycles. The van der Waals surface area contributed by atoms with Gasteiger partial charge in [-0.2, -0.15) is 0 Å². The van der Waals surface area contributed by atoms with Gasteiger partial charge in [0.05, 0.1) is 6.61 Å². The lowest BCUT2D eigenvalue weighted by Crippen LogP contribution is -2.53. The SMILES string of the molecule is C[C@]12CC[C@H]3[C@@H](CCC4CCC(=O)C[C@@]43C)[C@@H]1CC[C@@H]2CCOc1cc2ccccc2cc1O. The van der Waals surface area contributed by atoms with Crippen molar-refractivity contribution >= 4 is 16.6 Å². The van der Waals surface area contributed by atoms with E-state index in [0.717, 1.165) is 60.1 Å². The van der Waals surface area contributed by atoms with Gasteiger partial charge >= 0.3 is 0 Å². The minimum Gasteiger partial charge on any atom is -0.504 e. The fraction of sp³-hybridized carbons (Fsp3) is 0.645. The van der Waals surface area contributed by atoms with Crippen LogP contribution in [-0.2, 0) is 4.79 Å². The van der Waals surface area contributed by atoms with Crippen molar-refractivity contribution < 1.29 is 14.6 Å². The van der Waals surface area contributed by atoms with Gasteiger partial charge in [0.25, 0.3) is 0 Å². The van der Waals surface area contributed by atoms with Crippen LogP contribution in [0.15, 0.2) is 36.4 Å². The van der Waals surface area contributed by atoms with Crippen LogP contribution in [0.1, 0.15) is 78.1 Å². The highest BCUT2D eigenvalue weighted by Crippen LogP contribution is 2.67. The largest absolute Gasteiger partial charge is 0.504 e. The Labute approximate surface area is 204 Å². The molecule has 4 saturated carbocycles. The van der Waals surface area contributed by atoms with Crippen LogP contribution in [0.5, 0.6) is 11.5 Å². The van der Waals surface area contributed by atoms with Crippen LogP contribution >= 0.6 is 0 Å². The first-order chi connectivity index (χ1) is 16.4. The Morgan fingerprint density at radius 2 is 1.71 bits per heavy atom. The third-order valence-electron chi connectivity index (χ3n) is 11.2. The summed E-state index contributed by atoms with van der Waals surface area (Å²) in [7, 11) is 0. The second-order valence-electron chi connectivity index (χ2n) is 12.5. The maximum atomic E-state index is 12.4. The van der Waals surface area contributed by atoms with E-state index in [1.807, 2.05) is 30.3 Å². The van der Waals surface area contributed by atoms with Crippen LogP contribution in [0.25, 0.3) is 10.8 Å². The molecule has 2 aromatic rings. The van der Waals surface area contributed by atoms with Gasteiger partial charge in [-0.3, -0.25) is 4.79 Å². The fourth-order valence-electron chi connectivity index (χ4n) is 9.35. The van der Waals surface area contributed by atoms with E-state index in [1.165, 1.54) is 38.5 Å². The van der Waals surface area contributed by atoms with E-state index in [2.05, 4.69) is 19.9 Å². The highest BCUT2D eigenvalue weighted by molar-refractivity contribution is 5.85. The minimum atomic E-state index is 0.238. The van der Waals surface area contributed by atoms with Gasteiger partial charge in [0, 0.05) is 12.8 Å². The Morgan fingerprint density at radius 3 is 2.53 bits per heavy atom. The van der Waals surface area contributed by atoms with E-state index in [-0.39, 0.29) is 11.2 Å². The number of ether oxygens (including phenoxy) is 1. The van der Waals surface area contributed by atoms with Crippen molar-refractivity contribution in [3.05, 3.63) is 36.4 Å². The number of aromatic hydroxyl groups is 1. The minimum absolute atomic E-state index is 0.238. The van der Waals surface area contributed by atoms with Crippen molar-refractivity contribution in [2.75, 3.05) is 6.61 Å². The Hall–Kier alpha value is -2.03. The number of hydrogen-bond donors (Lipinski definition) is 1. The molecule has 6 rings (SSSR count). The quantitative estimate of drug-likeness (QED) is 0.512. The molecule has 3 nitrogen and oxygen atoms in total. The van der Waals surface area contributed by atoms with Gasteiger partial charge in [0.1, 0.15) is 5.78 Å². The Morgan fingerprint density at radius 1 is 0.941 bits per heavy atom. The molecule has 0 saturated heterocycles. The predicted octanol–water partition coefficient (Wildman–Crippen LogP) is 7.54. The van der Waals surface area contributed by atoms with E-state index < -0.39 is 0 Å². The van der Waals surface area contributed by atoms with Gasteiger partial charge in [-0.25, -0.2) is 0 Å². The van der Waals surface area contributed by atoms with E-state index in [4.69, 9.17) is 4.74 Å². The van der Waals surface area contributed by atoms with Crippen LogP contribution in [0.2, 0.25) is 0 Å². The van der Waals surface area contributed by atoms with E-state index >= 15 is 0 Å². The number of phenols is 1. The number of carbonyl (C=O) groups is 1. The summed E-state index contributed by atoms with van der Waals surface area (Å²) < 4.78 is 6.15. The second kappa shape index (κ2) is 8.28. The number of fused-ring (bicyclic) bond motifs is 6. The average Bonchev–Trinajstić information content (AvgIpc) is 3.15. The highest BCUT2D eigenvalue weighted by Gasteiger charge is 2.60. The van der Waals surface area contributed by atoms with Crippen molar-refractivity contribution in [2.24, 2.45) is 40.4 Å². The molecular weight excluding hydrogens is 420 g/mol. The first kappa shape index (κ1) is 22.4. The molecule has 4 aliphatic carbocycles. The monoisotopic (exact) mass is 460 g/mol. The van der Waals surface area contributed by atoms with Crippen molar-refractivity contribution in [3.63, 3.8) is 0 Å². The molecule has 4 aliphatic rings. The molecular formula is C31H40O3. The second-order valence-corrected chi connectivity index (χ2v) is 12.5. The lowest BCUT2D eigenvalue weighted by atomic mass is 9.44. The van der Waals surface area contributed by atoms with E-state index in [0.29, 0.717) is 29.5 Å². The van der Waals surface area contributed by atoms with Gasteiger partial charge in [0.15, 0.2) is 11.5 Å². The topological polar surface area (TPSA) is 46.5 Å². The van der Waals surface area contributed by atoms with Crippen molar-refractivity contribution in [2.45, 2.75) is 78.1 Å². The number of Topliss-reactive ketones (excluding diaryl/α,β-unsaturated/α-hetero) is 1. The van der Waals surface area contributed by atoms with Crippen LogP contribution in [0.3, 0.4) is 0 Å². The number of phenolic OH excluding ortho intramolecular Hbond substituents is 1. The molecule has 1 unspecified atom stereocenters. The van der Waals surface area contributed by atoms with Gasteiger partial charge < -0.3 is 9.84 Å². The molecule has 3 heteroatoms. The number of rotatable bonds is 4. The summed E-state index contributed by atoms with van der Waals surface area (Å²) in [6.45, 7) is 5.71. The standard InChI is InChI=1S/C31H40O3/c1-30-15-13-27-25(11-8-22-7-10-24(32)19-31(22,27)2)26(30)12-9-23(30)14-16-34-29-18-21-6-4-3-5-20(21)17-28(29)33/h3-6,17-18,22-23,25-27,33H,7-16,19H2,1-2H3/t22?,23-,25+,26+,27+,30-,31+/m1/s1. The summed E-state index contributed by atoms with van der Waals surface area (Å²) >= 11 is 0. The molecule has 7 atom stereocenters. The number of benzene rings is 2. The van der Waals surface area contributed by atoms with E-state index in [9.17, 15) is 9.90 Å². The molecule has 2 aromatic carbocycles. The molecule has 0 heterocycles. The van der Waals surface area contributed by atoms with Gasteiger partial charge in [-0.05, 0) is 115 Å². The van der Waals surface area contributed by atoms with Gasteiger partial charge in [-0.1, -0.05) is 38.1 Å². The lowest BCUT2D eigenvalue weighted by molar-refractivity contribution is -0.141. The smallest absolute Gasteiger partial charge is 0.161 e. The van der Waals surface area contributed by atoms with Crippen LogP contribution in [0, 0.1) is 40.4 Å². The van der Waals surface area contributed by atoms with Crippen molar-refractivity contribution in [3.8, 4) is 11.5 Å². The maximum Gasteiger partial charge on any atom is 0.161 e. The van der Waals surface area contributed by atoms with Gasteiger partial charge in [0.2, 0.25) is 0 Å². The zero-order valence-corrected chi connectivity index (χ0v) is 20.9. The predicted molar refractivity (Wildman–Crippen MR) is 136 cm³/mol. The highest BCUT2D eigenvalue weighted by atomic mass is 16.5. The summed E-state index contributed by atoms with van der Waals surface area (Å²) in [5.74, 6) is 5.19. The molecule has 0 spiro atoms. The lowest BCUT2D eigenvalue weighted by Gasteiger charge is -2.60. The molecule has 0 bridgehead atoms. The average molecular weight is 461 g/mol. The molecule has 0 radical (unpaired) electrons. The Balaban J connectivity index is 1.14. The molecule has 1 N–H and O–H groups in total. The molecule has 0 amide bonds. The van der Waals surface area contributed by atoms with Crippen molar-refractivity contribution in [1.29, 1.82) is 0 Å². The molecule has 182 valence electrons. The summed E-state index contributed by atoms with van der Waals surface area (Å²) in [6.07, 6.45) is 11.9. The van der Waals surface area contributed by atoms with Gasteiger partial charge in [-0.15, -0.1) is 0 Å². The third-order valence-corrected chi connectivity index (χ3v) is 11.2. The maximum absolute atomic E-state index is 12.4. The zero-order valence-electron chi connectivity index (χ0n) is 20.9. The first-order valence-corrected chi connectivity index (χ1v) is 13.7. The fourth-order valence-corrected chi connectivity index (χ4v) is 9.35. The number of hydrogen-bond acceptors (Lipinski definition) is 3. The van der Waals surface area contributed by atoms with Crippen LogP contribution in [-0.4, -0.2) is 17.5 Å². The summed E-state index contributed by atoms with van der Waals surface area (Å²) in [5, 5.41) is 12.6. The summed E-state index contributed by atoms with van der Waals surface area (Å²) in [6, 6.07) is 11.9. The number of carbonyl (C=O) groups excluding carboxylic acids is 1. The Kier molecular flexibility index (Phi) is 5.46. The van der Waals surface area contributed by atoms with Crippen LogP contribution in [0.4, 0.5) is 0 Å². The summed E-state index contributed by atoms with van der Waals surface area (Å²) in [4.78, 5) is 12.4. The van der Waals surface area contributed by atoms with Crippen LogP contribution < -0.4 is 4.74 Å². The number of ketones is 1. The molecule has 0 aliphatic heterocycles. The molecule has 34 heavy (non-hydrogen) atoms. The summed E-state index contributed by atoms with van der Waals surface area (Å²) in [5.41, 5.74) is 0.659. The van der Waals surface area contributed by atoms with E-state index in [1.54, 1.807) is 0 Å².